The molecule has 4 rings (SSSR count). The lowest BCUT2D eigenvalue weighted by Gasteiger charge is -2.14. The van der Waals surface area contributed by atoms with Crippen molar-refractivity contribution in [1.82, 2.24) is 4.57 Å². The normalized spacial score (nSPS) is 10.7. The molecule has 1 heterocycles. The summed E-state index contributed by atoms with van der Waals surface area (Å²) < 4.78 is 7.75. The largest absolute Gasteiger partial charge is 0.424 e. The minimum Gasteiger partial charge on any atom is -0.424 e. The van der Waals surface area contributed by atoms with Crippen LogP contribution in [0.1, 0.15) is 61.4 Å². The number of halogens is 1. The SMILES string of the molecule is CCCCCCCC(=O)Oc1cn(-c2ccccc2C(=O)c2ccc(N(C)C)cc2)c2ccccc12.Cl. The minimum absolute atomic E-state index is 0. The van der Waals surface area contributed by atoms with E-state index in [4.69, 9.17) is 4.74 Å². The third-order valence-electron chi connectivity index (χ3n) is 6.44. The van der Waals surface area contributed by atoms with Gasteiger partial charge in [0.05, 0.1) is 17.4 Å². The summed E-state index contributed by atoms with van der Waals surface area (Å²) in [5.74, 6) is 0.237. The molecule has 0 atom stereocenters. The first kappa shape index (κ1) is 28.0. The van der Waals surface area contributed by atoms with E-state index in [1.54, 1.807) is 0 Å². The van der Waals surface area contributed by atoms with Crippen LogP contribution in [0.4, 0.5) is 5.69 Å². The van der Waals surface area contributed by atoms with E-state index >= 15 is 0 Å². The maximum Gasteiger partial charge on any atom is 0.311 e. The number of unbranched alkanes of at least 4 members (excludes halogenated alkanes) is 4. The highest BCUT2D eigenvalue weighted by molar-refractivity contribution is 6.11. The molecule has 0 unspecified atom stereocenters. The van der Waals surface area contributed by atoms with Crippen LogP contribution in [0.2, 0.25) is 0 Å². The molecule has 5 nitrogen and oxygen atoms in total. The predicted molar refractivity (Wildman–Crippen MR) is 154 cm³/mol. The fourth-order valence-corrected chi connectivity index (χ4v) is 4.42. The number of esters is 1. The van der Waals surface area contributed by atoms with Crippen LogP contribution in [0.15, 0.2) is 79.0 Å². The monoisotopic (exact) mass is 518 g/mol. The van der Waals surface area contributed by atoms with Gasteiger partial charge in [-0.3, -0.25) is 9.59 Å². The number of carbonyl (C=O) groups excluding carboxylic acids is 2. The van der Waals surface area contributed by atoms with Gasteiger partial charge in [-0.05, 0) is 55.0 Å². The second-order valence-electron chi connectivity index (χ2n) is 9.31. The maximum absolute atomic E-state index is 13.5. The number of nitrogens with zero attached hydrogens (tertiary/aromatic N) is 2. The molecule has 37 heavy (non-hydrogen) atoms. The molecule has 0 aliphatic heterocycles. The second kappa shape index (κ2) is 13.1. The van der Waals surface area contributed by atoms with Crippen LogP contribution in [0.3, 0.4) is 0 Å². The highest BCUT2D eigenvalue weighted by atomic mass is 35.5. The average Bonchev–Trinajstić information content (AvgIpc) is 3.26. The molecule has 0 radical (unpaired) electrons. The molecule has 0 N–H and O–H groups in total. The molecule has 1 aromatic heterocycles. The van der Waals surface area contributed by atoms with Gasteiger partial charge in [0.1, 0.15) is 0 Å². The Kier molecular flexibility index (Phi) is 9.93. The Morgan fingerprint density at radius 1 is 0.838 bits per heavy atom. The molecule has 0 amide bonds. The summed E-state index contributed by atoms with van der Waals surface area (Å²) in [7, 11) is 3.94. The standard InChI is InChI=1S/C31H34N2O3.ClH/c1-4-5-6-7-8-17-30(34)36-29-22-33(27-15-11-9-13-25(27)29)28-16-12-10-14-26(28)31(35)23-18-20-24(21-19-23)32(2)3;/h9-16,18-22H,4-8,17H2,1-3H3;1H. The smallest absolute Gasteiger partial charge is 0.311 e. The highest BCUT2D eigenvalue weighted by Crippen LogP contribution is 2.33. The fourth-order valence-electron chi connectivity index (χ4n) is 4.42. The Morgan fingerprint density at radius 3 is 2.24 bits per heavy atom. The summed E-state index contributed by atoms with van der Waals surface area (Å²) >= 11 is 0. The van der Waals surface area contributed by atoms with Crippen LogP contribution in [0, 0.1) is 0 Å². The lowest BCUT2D eigenvalue weighted by atomic mass is 10.0. The molecular weight excluding hydrogens is 484 g/mol. The first-order valence-electron chi connectivity index (χ1n) is 12.7. The Morgan fingerprint density at radius 2 is 1.51 bits per heavy atom. The van der Waals surface area contributed by atoms with Gasteiger partial charge in [-0.15, -0.1) is 12.4 Å². The number of ether oxygens (including phenoxy) is 1. The van der Waals surface area contributed by atoms with Crippen LogP contribution in [0.25, 0.3) is 16.6 Å². The molecule has 0 bridgehead atoms. The second-order valence-corrected chi connectivity index (χ2v) is 9.31. The molecule has 0 spiro atoms. The summed E-state index contributed by atoms with van der Waals surface area (Å²) in [5.41, 5.74) is 3.88. The molecule has 6 heteroatoms. The van der Waals surface area contributed by atoms with Crippen molar-refractivity contribution < 1.29 is 14.3 Å². The molecule has 0 saturated carbocycles. The van der Waals surface area contributed by atoms with Crippen LogP contribution < -0.4 is 9.64 Å². The number of anilines is 1. The van der Waals surface area contributed by atoms with E-state index in [0.717, 1.165) is 41.5 Å². The van der Waals surface area contributed by atoms with E-state index in [1.807, 2.05) is 103 Å². The Balaban J connectivity index is 0.00000380. The van der Waals surface area contributed by atoms with Gasteiger partial charge in [-0.2, -0.15) is 0 Å². The van der Waals surface area contributed by atoms with E-state index in [1.165, 1.54) is 12.8 Å². The number of fused-ring (bicyclic) bond motifs is 1. The predicted octanol–water partition coefficient (Wildman–Crippen LogP) is 7.62. The Hall–Kier alpha value is -3.57. The van der Waals surface area contributed by atoms with Crippen LogP contribution >= 0.6 is 12.4 Å². The van der Waals surface area contributed by atoms with Crippen molar-refractivity contribution in [2.75, 3.05) is 19.0 Å². The summed E-state index contributed by atoms with van der Waals surface area (Å²) in [5, 5.41) is 0.842. The van der Waals surface area contributed by atoms with Crippen molar-refractivity contribution in [3.8, 4) is 11.4 Å². The zero-order valence-electron chi connectivity index (χ0n) is 21.8. The topological polar surface area (TPSA) is 51.5 Å². The van der Waals surface area contributed by atoms with Crippen molar-refractivity contribution in [2.45, 2.75) is 45.4 Å². The number of para-hydroxylation sites is 2. The van der Waals surface area contributed by atoms with Crippen LogP contribution in [-0.2, 0) is 4.79 Å². The molecule has 0 fully saturated rings. The first-order chi connectivity index (χ1) is 17.5. The maximum atomic E-state index is 13.5. The summed E-state index contributed by atoms with van der Waals surface area (Å²) in [6.45, 7) is 2.18. The summed E-state index contributed by atoms with van der Waals surface area (Å²) in [6, 6.07) is 23.0. The number of rotatable bonds is 11. The molecule has 3 aromatic carbocycles. The Bertz CT molecular complexity index is 1340. The quantitative estimate of drug-likeness (QED) is 0.116. The molecule has 0 aliphatic carbocycles. The van der Waals surface area contributed by atoms with E-state index in [2.05, 4.69) is 6.92 Å². The summed E-state index contributed by atoms with van der Waals surface area (Å²) in [4.78, 5) is 28.1. The van der Waals surface area contributed by atoms with Crippen molar-refractivity contribution in [3.05, 3.63) is 90.1 Å². The zero-order valence-corrected chi connectivity index (χ0v) is 22.6. The van der Waals surface area contributed by atoms with Gasteiger partial charge in [-0.1, -0.05) is 56.9 Å². The average molecular weight is 519 g/mol. The minimum atomic E-state index is -0.222. The molecular formula is C31H35ClN2O3. The number of hydrogen-bond acceptors (Lipinski definition) is 4. The van der Waals surface area contributed by atoms with Gasteiger partial charge in [0.25, 0.3) is 0 Å². The van der Waals surface area contributed by atoms with E-state index in [-0.39, 0.29) is 24.2 Å². The third kappa shape index (κ3) is 6.60. The van der Waals surface area contributed by atoms with E-state index in [0.29, 0.717) is 23.3 Å². The van der Waals surface area contributed by atoms with E-state index < -0.39 is 0 Å². The number of hydrogen-bond donors (Lipinski definition) is 0. The van der Waals surface area contributed by atoms with Crippen molar-refractivity contribution >= 4 is 40.7 Å². The molecule has 0 saturated heterocycles. The van der Waals surface area contributed by atoms with Crippen molar-refractivity contribution in [2.24, 2.45) is 0 Å². The van der Waals surface area contributed by atoms with Gasteiger partial charge in [0.15, 0.2) is 11.5 Å². The van der Waals surface area contributed by atoms with Gasteiger partial charge < -0.3 is 14.2 Å². The zero-order chi connectivity index (χ0) is 25.5. The summed E-state index contributed by atoms with van der Waals surface area (Å²) in [6.07, 6.45) is 7.61. The first-order valence-corrected chi connectivity index (χ1v) is 12.7. The number of carbonyl (C=O) groups is 2. The number of benzene rings is 3. The van der Waals surface area contributed by atoms with Gasteiger partial charge in [0.2, 0.25) is 0 Å². The highest BCUT2D eigenvalue weighted by Gasteiger charge is 2.19. The van der Waals surface area contributed by atoms with Gasteiger partial charge in [-0.25, -0.2) is 0 Å². The van der Waals surface area contributed by atoms with Gasteiger partial charge >= 0.3 is 5.97 Å². The van der Waals surface area contributed by atoms with Crippen molar-refractivity contribution in [3.63, 3.8) is 0 Å². The lowest BCUT2D eigenvalue weighted by Crippen LogP contribution is -2.10. The fraction of sp³-hybridized carbons (Fsp3) is 0.290. The lowest BCUT2D eigenvalue weighted by molar-refractivity contribution is -0.134. The molecule has 4 aromatic rings. The van der Waals surface area contributed by atoms with Gasteiger partial charge in [0, 0.05) is 42.7 Å². The number of aromatic nitrogens is 1. The Labute approximate surface area is 225 Å². The third-order valence-corrected chi connectivity index (χ3v) is 6.44. The molecule has 0 aliphatic rings. The van der Waals surface area contributed by atoms with Crippen molar-refractivity contribution in [1.29, 1.82) is 0 Å². The van der Waals surface area contributed by atoms with E-state index in [9.17, 15) is 9.59 Å². The van der Waals surface area contributed by atoms with Crippen LogP contribution in [0.5, 0.6) is 5.75 Å². The number of ketones is 1. The molecule has 194 valence electrons. The van der Waals surface area contributed by atoms with Crippen LogP contribution in [-0.4, -0.2) is 30.4 Å².